The van der Waals surface area contributed by atoms with E-state index in [1.807, 2.05) is 32.2 Å². The first kappa shape index (κ1) is 16.1. The summed E-state index contributed by atoms with van der Waals surface area (Å²) in [6, 6.07) is 7.63. The minimum absolute atomic E-state index is 0.153. The molecule has 6 nitrogen and oxygen atoms in total. The number of anilines is 1. The molecule has 1 amide bonds. The number of carbonyl (C=O) groups excluding carboxylic acids is 1. The smallest absolute Gasteiger partial charge is 0.259 e. The zero-order valence-corrected chi connectivity index (χ0v) is 14.5. The van der Waals surface area contributed by atoms with Gasteiger partial charge >= 0.3 is 0 Å². The van der Waals surface area contributed by atoms with Crippen molar-refractivity contribution in [2.45, 2.75) is 26.8 Å². The van der Waals surface area contributed by atoms with Gasteiger partial charge in [-0.25, -0.2) is 0 Å². The van der Waals surface area contributed by atoms with E-state index >= 15 is 0 Å². The average Bonchev–Trinajstić information content (AvgIpc) is 3.08. The maximum Gasteiger partial charge on any atom is 0.259 e. The van der Waals surface area contributed by atoms with Gasteiger partial charge in [0.05, 0.1) is 12.7 Å². The van der Waals surface area contributed by atoms with Crippen LogP contribution in [0.15, 0.2) is 30.5 Å². The summed E-state index contributed by atoms with van der Waals surface area (Å²) >= 11 is 0. The summed E-state index contributed by atoms with van der Waals surface area (Å²) < 4.78 is 9.17. The van der Waals surface area contributed by atoms with Gasteiger partial charge in [0.25, 0.3) is 5.91 Å². The number of ether oxygens (including phenoxy) is 1. The summed E-state index contributed by atoms with van der Waals surface area (Å²) in [7, 11) is 3.45. The second-order valence-electron chi connectivity index (χ2n) is 5.82. The highest BCUT2D eigenvalue weighted by Gasteiger charge is 2.21. The molecule has 3 rings (SSSR count). The van der Waals surface area contributed by atoms with Gasteiger partial charge in [0.1, 0.15) is 5.75 Å². The van der Waals surface area contributed by atoms with Crippen molar-refractivity contribution in [1.29, 1.82) is 0 Å². The van der Waals surface area contributed by atoms with Crippen LogP contribution in [0, 0.1) is 6.92 Å². The van der Waals surface area contributed by atoms with Gasteiger partial charge in [0, 0.05) is 42.5 Å². The highest BCUT2D eigenvalue weighted by atomic mass is 16.5. The zero-order valence-electron chi connectivity index (χ0n) is 14.5. The van der Waals surface area contributed by atoms with E-state index in [1.165, 1.54) is 0 Å². The van der Waals surface area contributed by atoms with Gasteiger partial charge in [0.2, 0.25) is 0 Å². The van der Waals surface area contributed by atoms with Gasteiger partial charge in [-0.15, -0.1) is 0 Å². The second-order valence-corrected chi connectivity index (χ2v) is 5.82. The standard InChI is InChI=1S/C18H22N4O2/c1-5-9-22-12(2)17(14-11-13(24-4)6-7-15(14)22)18(23)19-16-8-10-21(3)20-16/h6-8,10-11H,5,9H2,1-4H3,(H,19,20,23). The number of nitrogens with zero attached hydrogens (tertiary/aromatic N) is 3. The molecule has 0 spiro atoms. The molecule has 0 saturated carbocycles. The number of carbonyl (C=O) groups is 1. The van der Waals surface area contributed by atoms with Crippen LogP contribution in [0.3, 0.4) is 0 Å². The van der Waals surface area contributed by atoms with Crippen LogP contribution >= 0.6 is 0 Å². The third kappa shape index (κ3) is 2.75. The third-order valence-electron chi connectivity index (χ3n) is 4.16. The SMILES string of the molecule is CCCn1c(C)c(C(=O)Nc2ccn(C)n2)c2cc(OC)ccc21. The highest BCUT2D eigenvalue weighted by molar-refractivity contribution is 6.14. The molecular formula is C18H22N4O2. The number of aromatic nitrogens is 3. The average molecular weight is 326 g/mol. The normalized spacial score (nSPS) is 11.0. The lowest BCUT2D eigenvalue weighted by Gasteiger charge is -2.07. The first-order valence-electron chi connectivity index (χ1n) is 8.03. The van der Waals surface area contributed by atoms with Crippen LogP contribution in [0.5, 0.6) is 5.75 Å². The zero-order chi connectivity index (χ0) is 17.3. The summed E-state index contributed by atoms with van der Waals surface area (Å²) in [6.45, 7) is 4.98. The Hall–Kier alpha value is -2.76. The lowest BCUT2D eigenvalue weighted by atomic mass is 10.1. The monoisotopic (exact) mass is 326 g/mol. The first-order valence-corrected chi connectivity index (χ1v) is 8.03. The van der Waals surface area contributed by atoms with E-state index in [1.54, 1.807) is 24.1 Å². The van der Waals surface area contributed by atoms with Crippen LogP contribution in [0.4, 0.5) is 5.82 Å². The van der Waals surface area contributed by atoms with E-state index in [-0.39, 0.29) is 5.91 Å². The Bertz CT molecular complexity index is 892. The molecule has 1 aromatic carbocycles. The van der Waals surface area contributed by atoms with Crippen LogP contribution in [-0.2, 0) is 13.6 Å². The molecule has 2 heterocycles. The Labute approximate surface area is 141 Å². The van der Waals surface area contributed by atoms with Crippen molar-refractivity contribution in [3.8, 4) is 5.75 Å². The number of hydrogen-bond acceptors (Lipinski definition) is 3. The third-order valence-corrected chi connectivity index (χ3v) is 4.16. The van der Waals surface area contributed by atoms with Crippen LogP contribution in [-0.4, -0.2) is 27.4 Å². The first-order chi connectivity index (χ1) is 11.5. The van der Waals surface area contributed by atoms with Gasteiger partial charge in [-0.2, -0.15) is 5.10 Å². The molecule has 6 heteroatoms. The number of methoxy groups -OCH3 is 1. The van der Waals surface area contributed by atoms with E-state index < -0.39 is 0 Å². The predicted octanol–water partition coefficient (Wildman–Crippen LogP) is 3.35. The Morgan fingerprint density at radius 2 is 2.12 bits per heavy atom. The topological polar surface area (TPSA) is 61.1 Å². The van der Waals surface area contributed by atoms with Crippen molar-refractivity contribution in [2.75, 3.05) is 12.4 Å². The molecule has 0 bridgehead atoms. The van der Waals surface area contributed by atoms with Crippen molar-refractivity contribution < 1.29 is 9.53 Å². The molecule has 0 unspecified atom stereocenters. The Morgan fingerprint density at radius 3 is 2.75 bits per heavy atom. The quantitative estimate of drug-likeness (QED) is 0.782. The number of hydrogen-bond donors (Lipinski definition) is 1. The van der Waals surface area contributed by atoms with Gasteiger partial charge in [-0.1, -0.05) is 6.92 Å². The molecular weight excluding hydrogens is 304 g/mol. The summed E-state index contributed by atoms with van der Waals surface area (Å²) in [6.07, 6.45) is 2.80. The largest absolute Gasteiger partial charge is 0.497 e. The lowest BCUT2D eigenvalue weighted by molar-refractivity contribution is 0.102. The fourth-order valence-corrected chi connectivity index (χ4v) is 3.05. The Morgan fingerprint density at radius 1 is 1.33 bits per heavy atom. The van der Waals surface area contributed by atoms with Crippen LogP contribution in [0.25, 0.3) is 10.9 Å². The molecule has 1 N–H and O–H groups in total. The maximum absolute atomic E-state index is 12.9. The minimum Gasteiger partial charge on any atom is -0.497 e. The molecule has 0 aliphatic carbocycles. The van der Waals surface area contributed by atoms with Crippen molar-refractivity contribution in [1.82, 2.24) is 14.3 Å². The molecule has 0 saturated heterocycles. The van der Waals surface area contributed by atoms with Gasteiger partial charge in [0.15, 0.2) is 5.82 Å². The second kappa shape index (κ2) is 6.39. The molecule has 2 aromatic heterocycles. The molecule has 0 fully saturated rings. The van der Waals surface area contributed by atoms with Crippen molar-refractivity contribution in [3.05, 3.63) is 41.7 Å². The Balaban J connectivity index is 2.10. The van der Waals surface area contributed by atoms with Crippen LogP contribution in [0.2, 0.25) is 0 Å². The molecule has 0 aliphatic rings. The fourth-order valence-electron chi connectivity index (χ4n) is 3.05. The van der Waals surface area contributed by atoms with Crippen molar-refractivity contribution in [2.24, 2.45) is 7.05 Å². The van der Waals surface area contributed by atoms with Crippen molar-refractivity contribution >= 4 is 22.6 Å². The molecule has 3 aromatic rings. The fraction of sp³-hybridized carbons (Fsp3) is 0.333. The van der Waals surface area contributed by atoms with Crippen LogP contribution in [0.1, 0.15) is 29.4 Å². The lowest BCUT2D eigenvalue weighted by Crippen LogP contribution is -2.14. The summed E-state index contributed by atoms with van der Waals surface area (Å²) in [4.78, 5) is 12.9. The number of amides is 1. The molecule has 0 radical (unpaired) electrons. The summed E-state index contributed by atoms with van der Waals surface area (Å²) in [5.74, 6) is 1.13. The Kier molecular flexibility index (Phi) is 4.29. The van der Waals surface area contributed by atoms with Gasteiger partial charge < -0.3 is 14.6 Å². The summed E-state index contributed by atoms with van der Waals surface area (Å²) in [5.41, 5.74) is 2.66. The summed E-state index contributed by atoms with van der Waals surface area (Å²) in [5, 5.41) is 7.99. The van der Waals surface area contributed by atoms with Crippen molar-refractivity contribution in [3.63, 3.8) is 0 Å². The van der Waals surface area contributed by atoms with Crippen LogP contribution < -0.4 is 10.1 Å². The molecule has 24 heavy (non-hydrogen) atoms. The van der Waals surface area contributed by atoms with E-state index in [0.717, 1.165) is 35.3 Å². The molecule has 126 valence electrons. The molecule has 0 atom stereocenters. The number of nitrogens with one attached hydrogen (secondary N) is 1. The van der Waals surface area contributed by atoms with E-state index in [9.17, 15) is 4.79 Å². The van der Waals surface area contributed by atoms with Gasteiger partial charge in [-0.05, 0) is 31.5 Å². The van der Waals surface area contributed by atoms with Gasteiger partial charge in [-0.3, -0.25) is 9.48 Å². The highest BCUT2D eigenvalue weighted by Crippen LogP contribution is 2.30. The number of aryl methyl sites for hydroxylation is 2. The van der Waals surface area contributed by atoms with E-state index in [4.69, 9.17) is 4.74 Å². The van der Waals surface area contributed by atoms with E-state index in [0.29, 0.717) is 11.4 Å². The number of rotatable bonds is 5. The number of benzene rings is 1. The predicted molar refractivity (Wildman–Crippen MR) is 94.7 cm³/mol. The minimum atomic E-state index is -0.153. The number of fused-ring (bicyclic) bond motifs is 1. The molecule has 0 aliphatic heterocycles. The van der Waals surface area contributed by atoms with E-state index in [2.05, 4.69) is 21.9 Å². The maximum atomic E-state index is 12.9.